The highest BCUT2D eigenvalue weighted by Gasteiger charge is 2.15. The molecule has 0 aliphatic carbocycles. The van der Waals surface area contributed by atoms with Crippen molar-refractivity contribution in [3.05, 3.63) is 59.4 Å². The van der Waals surface area contributed by atoms with E-state index < -0.39 is 11.4 Å². The Balaban J connectivity index is 2.14. The lowest BCUT2D eigenvalue weighted by atomic mass is 10.2. The predicted octanol–water partition coefficient (Wildman–Crippen LogP) is 3.41. The number of hydrogen-bond donors (Lipinski definition) is 2. The Labute approximate surface area is 138 Å². The van der Waals surface area contributed by atoms with Gasteiger partial charge in [-0.25, -0.2) is 4.39 Å². The fraction of sp³-hybridized carbons (Fsp3) is 0.235. The lowest BCUT2D eigenvalue weighted by Gasteiger charge is -2.13. The third-order valence-corrected chi connectivity index (χ3v) is 4.44. The first-order chi connectivity index (χ1) is 10.9. The summed E-state index contributed by atoms with van der Waals surface area (Å²) >= 11 is -1.37. The molecule has 2 aromatic carbocycles. The minimum Gasteiger partial charge on any atom is -0.593 e. The van der Waals surface area contributed by atoms with Crippen molar-refractivity contribution in [2.45, 2.75) is 31.7 Å². The summed E-state index contributed by atoms with van der Waals surface area (Å²) < 4.78 is 28.2. The molecule has 1 atom stereocenters. The van der Waals surface area contributed by atoms with Gasteiger partial charge in [0, 0.05) is 23.4 Å². The molecule has 0 spiro atoms. The third kappa shape index (κ3) is 4.79. The van der Waals surface area contributed by atoms with E-state index in [0.29, 0.717) is 21.7 Å². The zero-order valence-electron chi connectivity index (χ0n) is 13.2. The third-order valence-electron chi connectivity index (χ3n) is 3.07. The molecule has 2 rings (SSSR count). The Bertz CT molecular complexity index is 707. The largest absolute Gasteiger partial charge is 0.593 e. The van der Waals surface area contributed by atoms with E-state index in [4.69, 9.17) is 0 Å². The molecule has 2 N–H and O–H groups in total. The van der Waals surface area contributed by atoms with Crippen molar-refractivity contribution >= 4 is 23.0 Å². The number of benzene rings is 2. The van der Waals surface area contributed by atoms with Gasteiger partial charge in [-0.1, -0.05) is 6.07 Å². The van der Waals surface area contributed by atoms with Crippen molar-refractivity contribution in [3.8, 4) is 0 Å². The average Bonchev–Trinajstić information content (AvgIpc) is 2.50. The Hall–Kier alpha value is -1.89. The van der Waals surface area contributed by atoms with Gasteiger partial charge in [-0.2, -0.15) is 0 Å². The second-order valence-electron chi connectivity index (χ2n) is 5.49. The van der Waals surface area contributed by atoms with Crippen molar-refractivity contribution in [2.75, 3.05) is 5.32 Å². The van der Waals surface area contributed by atoms with Gasteiger partial charge in [0.1, 0.15) is 5.82 Å². The Morgan fingerprint density at radius 3 is 2.61 bits per heavy atom. The van der Waals surface area contributed by atoms with Crippen LogP contribution in [0.25, 0.3) is 0 Å². The zero-order valence-corrected chi connectivity index (χ0v) is 14.0. The van der Waals surface area contributed by atoms with E-state index in [-0.39, 0.29) is 17.8 Å². The zero-order chi connectivity index (χ0) is 17.0. The molecular formula is C17H19FN2O2S. The molecule has 6 heteroatoms. The van der Waals surface area contributed by atoms with Gasteiger partial charge in [0.05, 0.1) is 11.4 Å². The average molecular weight is 334 g/mol. The van der Waals surface area contributed by atoms with Gasteiger partial charge in [-0.05, 0) is 56.7 Å². The van der Waals surface area contributed by atoms with Crippen LogP contribution in [0.3, 0.4) is 0 Å². The second-order valence-corrected chi connectivity index (χ2v) is 6.73. The number of carbonyl (C=O) groups excluding carboxylic acids is 1. The van der Waals surface area contributed by atoms with Gasteiger partial charge < -0.3 is 9.87 Å². The van der Waals surface area contributed by atoms with E-state index in [0.717, 1.165) is 0 Å². The molecular weight excluding hydrogens is 315 g/mol. The molecule has 0 saturated carbocycles. The minimum atomic E-state index is -1.37. The van der Waals surface area contributed by atoms with Crippen LogP contribution >= 0.6 is 0 Å². The first-order valence-corrected chi connectivity index (χ1v) is 8.37. The van der Waals surface area contributed by atoms with Crippen LogP contribution in [0, 0.1) is 12.7 Å². The van der Waals surface area contributed by atoms with E-state index in [1.54, 1.807) is 37.3 Å². The summed E-state index contributed by atoms with van der Waals surface area (Å²) in [5.74, 6) is -0.653. The van der Waals surface area contributed by atoms with Gasteiger partial charge in [-0.3, -0.25) is 4.79 Å². The molecule has 0 aromatic heterocycles. The molecule has 0 heterocycles. The number of hydrogen-bond acceptors (Lipinski definition) is 3. The topological polar surface area (TPSA) is 64.2 Å². The van der Waals surface area contributed by atoms with E-state index in [2.05, 4.69) is 10.0 Å². The number of nitrogens with one attached hydrogen (secondary N) is 2. The molecule has 0 aliphatic heterocycles. The number of anilines is 1. The normalized spacial score (nSPS) is 12.3. The van der Waals surface area contributed by atoms with Crippen LogP contribution < -0.4 is 10.0 Å². The van der Waals surface area contributed by atoms with Crippen LogP contribution in [-0.2, 0) is 11.4 Å². The van der Waals surface area contributed by atoms with Crippen LogP contribution in [0.2, 0.25) is 0 Å². The van der Waals surface area contributed by atoms with Crippen LogP contribution in [0.4, 0.5) is 10.1 Å². The fourth-order valence-electron chi connectivity index (χ4n) is 1.96. The Morgan fingerprint density at radius 1 is 1.22 bits per heavy atom. The van der Waals surface area contributed by atoms with Crippen molar-refractivity contribution in [1.82, 2.24) is 4.72 Å². The molecule has 0 bridgehead atoms. The lowest BCUT2D eigenvalue weighted by Crippen LogP contribution is -2.30. The van der Waals surface area contributed by atoms with Crippen LogP contribution in [0.5, 0.6) is 0 Å². The molecule has 122 valence electrons. The predicted molar refractivity (Wildman–Crippen MR) is 90.2 cm³/mol. The molecule has 0 aliphatic rings. The van der Waals surface area contributed by atoms with Crippen molar-refractivity contribution in [2.24, 2.45) is 0 Å². The van der Waals surface area contributed by atoms with Gasteiger partial charge >= 0.3 is 0 Å². The monoisotopic (exact) mass is 334 g/mol. The molecule has 1 amide bonds. The Kier molecular flexibility index (Phi) is 5.76. The van der Waals surface area contributed by atoms with Crippen LogP contribution in [0.1, 0.15) is 29.8 Å². The number of halogens is 1. The van der Waals surface area contributed by atoms with E-state index >= 15 is 0 Å². The molecule has 2 aromatic rings. The highest BCUT2D eigenvalue weighted by molar-refractivity contribution is 7.89. The van der Waals surface area contributed by atoms with Crippen LogP contribution in [-0.4, -0.2) is 16.5 Å². The summed E-state index contributed by atoms with van der Waals surface area (Å²) in [6.07, 6.45) is 0. The maximum Gasteiger partial charge on any atom is 0.255 e. The van der Waals surface area contributed by atoms with Gasteiger partial charge in [-0.15, -0.1) is 4.72 Å². The summed E-state index contributed by atoms with van der Waals surface area (Å²) in [4.78, 5) is 12.8. The van der Waals surface area contributed by atoms with Gasteiger partial charge in [0.25, 0.3) is 5.91 Å². The minimum absolute atomic E-state index is 0.0653. The summed E-state index contributed by atoms with van der Waals surface area (Å²) in [5.41, 5.74) is 1.36. The van der Waals surface area contributed by atoms with Crippen molar-refractivity contribution in [1.29, 1.82) is 0 Å². The van der Waals surface area contributed by atoms with Crippen molar-refractivity contribution < 1.29 is 13.7 Å². The standard InChI is InChI=1S/C17H19FN2O2S/c1-11(2)20-23(22)15-6-4-5-13(10-15)17(21)19-14-7-8-16(18)12(3)9-14/h4-11,20H,1-3H3,(H,19,21). The number of carbonyl (C=O) groups is 1. The molecule has 23 heavy (non-hydrogen) atoms. The highest BCUT2D eigenvalue weighted by Crippen LogP contribution is 2.16. The van der Waals surface area contributed by atoms with Gasteiger partial charge in [0.15, 0.2) is 4.90 Å². The second kappa shape index (κ2) is 7.59. The number of rotatable bonds is 5. The van der Waals surface area contributed by atoms with Crippen LogP contribution in [0.15, 0.2) is 47.4 Å². The quantitative estimate of drug-likeness (QED) is 0.824. The molecule has 4 nitrogen and oxygen atoms in total. The lowest BCUT2D eigenvalue weighted by molar-refractivity contribution is 0.102. The summed E-state index contributed by atoms with van der Waals surface area (Å²) in [6.45, 7) is 5.42. The summed E-state index contributed by atoms with van der Waals surface area (Å²) in [7, 11) is 0. The van der Waals surface area contributed by atoms with E-state index in [1.807, 2.05) is 13.8 Å². The Morgan fingerprint density at radius 2 is 1.96 bits per heavy atom. The maximum atomic E-state index is 13.3. The first kappa shape index (κ1) is 17.5. The summed E-state index contributed by atoms with van der Waals surface area (Å²) in [6, 6.07) is 11.0. The van der Waals surface area contributed by atoms with E-state index in [9.17, 15) is 13.7 Å². The van der Waals surface area contributed by atoms with Crippen molar-refractivity contribution in [3.63, 3.8) is 0 Å². The van der Waals surface area contributed by atoms with E-state index in [1.165, 1.54) is 12.1 Å². The molecule has 0 fully saturated rings. The molecule has 1 unspecified atom stereocenters. The SMILES string of the molecule is Cc1cc(NC(=O)c2cccc([S+]([O-])NC(C)C)c2)ccc1F. The molecule has 0 saturated heterocycles. The fourth-order valence-corrected chi connectivity index (χ4v) is 2.96. The maximum absolute atomic E-state index is 13.3. The highest BCUT2D eigenvalue weighted by atomic mass is 32.2. The number of amides is 1. The smallest absolute Gasteiger partial charge is 0.255 e. The summed E-state index contributed by atoms with van der Waals surface area (Å²) in [5, 5.41) is 2.71. The first-order valence-electron chi connectivity index (χ1n) is 7.22. The molecule has 0 radical (unpaired) electrons. The van der Waals surface area contributed by atoms with Gasteiger partial charge in [0.2, 0.25) is 0 Å². The number of aryl methyl sites for hydroxylation is 1.